The van der Waals surface area contributed by atoms with E-state index in [9.17, 15) is 22.8 Å². The average Bonchev–Trinajstić information content (AvgIpc) is 3.09. The molecule has 3 rings (SSSR count). The van der Waals surface area contributed by atoms with Gasteiger partial charge in [0.15, 0.2) is 0 Å². The number of halogens is 1. The molecule has 0 radical (unpaired) electrons. The minimum absolute atomic E-state index is 0.0114. The predicted molar refractivity (Wildman–Crippen MR) is 131 cm³/mol. The Morgan fingerprint density at radius 3 is 2.63 bits per heavy atom. The van der Waals surface area contributed by atoms with Crippen LogP contribution < -0.4 is 5.32 Å². The van der Waals surface area contributed by atoms with Gasteiger partial charge in [0, 0.05) is 28.9 Å². The minimum atomic E-state index is -4.25. The summed E-state index contributed by atoms with van der Waals surface area (Å²) >= 11 is 4.52. The highest BCUT2D eigenvalue weighted by Crippen LogP contribution is 2.48. The van der Waals surface area contributed by atoms with Gasteiger partial charge in [-0.1, -0.05) is 39.8 Å². The van der Waals surface area contributed by atoms with Gasteiger partial charge in [-0.3, -0.25) is 9.59 Å². The van der Waals surface area contributed by atoms with Crippen molar-refractivity contribution in [3.63, 3.8) is 0 Å². The van der Waals surface area contributed by atoms with Gasteiger partial charge in [0.25, 0.3) is 0 Å². The molecule has 1 fully saturated rings. The second-order valence-corrected chi connectivity index (χ2v) is 10.9. The highest BCUT2D eigenvalue weighted by molar-refractivity contribution is 9.10. The van der Waals surface area contributed by atoms with Gasteiger partial charge >= 0.3 is 16.4 Å². The molecule has 0 saturated carbocycles. The van der Waals surface area contributed by atoms with E-state index >= 15 is 0 Å². The average molecular weight is 589 g/mol. The fourth-order valence-corrected chi connectivity index (χ4v) is 5.76. The van der Waals surface area contributed by atoms with Crippen molar-refractivity contribution in [1.82, 2.24) is 10.2 Å². The van der Waals surface area contributed by atoms with Crippen LogP contribution >= 0.6 is 27.7 Å². The lowest BCUT2D eigenvalue weighted by Gasteiger charge is -2.45. The first kappa shape index (κ1) is 27.4. The van der Waals surface area contributed by atoms with E-state index < -0.39 is 40.3 Å². The van der Waals surface area contributed by atoms with Crippen LogP contribution in [0.3, 0.4) is 0 Å². The molecule has 0 bridgehead atoms. The summed E-state index contributed by atoms with van der Waals surface area (Å²) < 4.78 is 39.8. The van der Waals surface area contributed by atoms with E-state index in [1.165, 1.54) is 43.6 Å². The third-order valence-corrected chi connectivity index (χ3v) is 7.76. The molecule has 3 atom stereocenters. The van der Waals surface area contributed by atoms with Crippen LogP contribution in [0.2, 0.25) is 0 Å². The molecule has 190 valence electrons. The molecule has 2 amide bonds. The number of thioether (sulfide) groups is 1. The third kappa shape index (κ3) is 6.73. The number of carbonyl (C=O) groups excluding carboxylic acids is 3. The third-order valence-electron chi connectivity index (χ3n) is 5.25. The molecule has 2 aliphatic heterocycles. The standard InChI is InChI=1S/C22H25BrN2O8S2/c1-4-32-35(29,30)33-13(2)19-17-11-18(34-10-9-24-14(3)26)20(25(17)21(19)27)22(28)31-12-15-5-7-16(23)8-6-15/h5-10,13,17,19H,4,11-12H2,1-3H3,(H,24,26)/b10-9+/t13-,17+,19-/m0/s1. The van der Waals surface area contributed by atoms with Gasteiger partial charge in [0.1, 0.15) is 12.3 Å². The fraction of sp³-hybridized carbons (Fsp3) is 0.409. The quantitative estimate of drug-likeness (QED) is 0.306. The molecule has 2 aliphatic rings. The highest BCUT2D eigenvalue weighted by Gasteiger charge is 2.58. The van der Waals surface area contributed by atoms with E-state index in [1.807, 2.05) is 12.1 Å². The van der Waals surface area contributed by atoms with Crippen molar-refractivity contribution in [3.8, 4) is 0 Å². The Morgan fingerprint density at radius 1 is 1.31 bits per heavy atom. The van der Waals surface area contributed by atoms with Gasteiger partial charge < -0.3 is 15.0 Å². The summed E-state index contributed by atoms with van der Waals surface area (Å²) in [6.07, 6.45) is 0.746. The van der Waals surface area contributed by atoms with Crippen LogP contribution in [0.5, 0.6) is 0 Å². The molecule has 0 spiro atoms. The normalized spacial score (nSPS) is 20.6. The van der Waals surface area contributed by atoms with Crippen LogP contribution in [0.15, 0.2) is 50.9 Å². The molecule has 10 nitrogen and oxygen atoms in total. The van der Waals surface area contributed by atoms with Crippen molar-refractivity contribution in [1.29, 1.82) is 0 Å². The smallest absolute Gasteiger partial charge is 0.400 e. The summed E-state index contributed by atoms with van der Waals surface area (Å²) in [6.45, 7) is 4.26. The summed E-state index contributed by atoms with van der Waals surface area (Å²) in [7, 11) is -4.25. The van der Waals surface area contributed by atoms with Crippen LogP contribution in [0.4, 0.5) is 0 Å². The number of hydrogen-bond acceptors (Lipinski definition) is 9. The number of nitrogens with zero attached hydrogens (tertiary/aromatic N) is 1. The zero-order valence-electron chi connectivity index (χ0n) is 19.2. The summed E-state index contributed by atoms with van der Waals surface area (Å²) in [5, 5.41) is 4.10. The summed E-state index contributed by atoms with van der Waals surface area (Å²) in [5.41, 5.74) is 0.873. The van der Waals surface area contributed by atoms with E-state index in [0.717, 1.165) is 10.0 Å². The molecule has 0 unspecified atom stereocenters. The molecular formula is C22H25BrN2O8S2. The maximum atomic E-state index is 13.0. The Kier molecular flexibility index (Phi) is 9.16. The van der Waals surface area contributed by atoms with Crippen molar-refractivity contribution >= 4 is 55.9 Å². The van der Waals surface area contributed by atoms with Crippen LogP contribution in [0.25, 0.3) is 0 Å². The maximum absolute atomic E-state index is 13.0. The van der Waals surface area contributed by atoms with Crippen LogP contribution in [-0.2, 0) is 44.5 Å². The second-order valence-electron chi connectivity index (χ2n) is 7.72. The fourth-order valence-electron chi connectivity index (χ4n) is 3.80. The van der Waals surface area contributed by atoms with Crippen LogP contribution in [0.1, 0.15) is 32.8 Å². The predicted octanol–water partition coefficient (Wildman–Crippen LogP) is 2.96. The number of esters is 1. The summed E-state index contributed by atoms with van der Waals surface area (Å²) in [6, 6.07) is 6.78. The lowest BCUT2D eigenvalue weighted by Crippen LogP contribution is -2.62. The van der Waals surface area contributed by atoms with E-state index in [-0.39, 0.29) is 24.8 Å². The number of ether oxygens (including phenoxy) is 1. The number of β-lactam (4-membered cyclic amide) rings is 1. The van der Waals surface area contributed by atoms with Gasteiger partial charge in [-0.05, 0) is 37.0 Å². The molecular weight excluding hydrogens is 564 g/mol. The van der Waals surface area contributed by atoms with E-state index in [2.05, 4.69) is 25.4 Å². The van der Waals surface area contributed by atoms with Gasteiger partial charge in [-0.25, -0.2) is 13.2 Å². The Hall–Kier alpha value is -2.19. The monoisotopic (exact) mass is 588 g/mol. The van der Waals surface area contributed by atoms with Crippen molar-refractivity contribution in [3.05, 3.63) is 56.5 Å². The first-order valence-corrected chi connectivity index (χ1v) is 13.7. The second kappa shape index (κ2) is 11.7. The van der Waals surface area contributed by atoms with Crippen LogP contribution in [-0.4, -0.2) is 49.9 Å². The van der Waals surface area contributed by atoms with E-state index in [1.54, 1.807) is 17.5 Å². The maximum Gasteiger partial charge on any atom is 0.400 e. The largest absolute Gasteiger partial charge is 0.456 e. The topological polar surface area (TPSA) is 128 Å². The Balaban J connectivity index is 1.76. The zero-order chi connectivity index (χ0) is 25.8. The minimum Gasteiger partial charge on any atom is -0.456 e. The Labute approximate surface area is 216 Å². The molecule has 0 aromatic heterocycles. The summed E-state index contributed by atoms with van der Waals surface area (Å²) in [5.74, 6) is -2.15. The molecule has 13 heteroatoms. The van der Waals surface area contributed by atoms with E-state index in [0.29, 0.717) is 11.3 Å². The molecule has 2 heterocycles. The number of hydrogen-bond donors (Lipinski definition) is 1. The first-order valence-electron chi connectivity index (χ1n) is 10.7. The SMILES string of the molecule is CCOS(=O)(=O)O[C@@H](C)[C@@H]1C(=O)N2C(C(=O)OCc3ccc(Br)cc3)=C(S/C=C/NC(C)=O)C[C@H]12. The zero-order valence-corrected chi connectivity index (χ0v) is 22.4. The van der Waals surface area contributed by atoms with E-state index in [4.69, 9.17) is 8.92 Å². The number of benzene rings is 1. The Bertz CT molecular complexity index is 1150. The number of nitrogens with one attached hydrogen (secondary N) is 1. The van der Waals surface area contributed by atoms with Gasteiger partial charge in [0.2, 0.25) is 11.8 Å². The molecule has 1 aromatic carbocycles. The van der Waals surface area contributed by atoms with Gasteiger partial charge in [-0.2, -0.15) is 8.42 Å². The van der Waals surface area contributed by atoms with Crippen LogP contribution in [0, 0.1) is 5.92 Å². The summed E-state index contributed by atoms with van der Waals surface area (Å²) in [4.78, 5) is 39.0. The first-order chi connectivity index (χ1) is 16.5. The molecule has 1 saturated heterocycles. The van der Waals surface area contributed by atoms with Crippen molar-refractivity contribution in [2.24, 2.45) is 5.92 Å². The van der Waals surface area contributed by atoms with Gasteiger partial charge in [0.05, 0.1) is 24.7 Å². The molecule has 1 N–H and O–H groups in total. The van der Waals surface area contributed by atoms with Gasteiger partial charge in [-0.15, -0.1) is 0 Å². The Morgan fingerprint density at radius 2 is 2.00 bits per heavy atom. The highest BCUT2D eigenvalue weighted by atomic mass is 79.9. The number of carbonyl (C=O) groups is 3. The number of fused-ring (bicyclic) bond motifs is 1. The lowest BCUT2D eigenvalue weighted by atomic mass is 9.83. The molecule has 1 aromatic rings. The van der Waals surface area contributed by atoms with Crippen molar-refractivity contribution in [2.75, 3.05) is 6.61 Å². The van der Waals surface area contributed by atoms with Crippen molar-refractivity contribution < 1.29 is 35.9 Å². The number of amides is 2. The lowest BCUT2D eigenvalue weighted by molar-refractivity contribution is -0.161. The molecule has 35 heavy (non-hydrogen) atoms. The molecule has 0 aliphatic carbocycles. The number of rotatable bonds is 11. The van der Waals surface area contributed by atoms with Crippen molar-refractivity contribution in [2.45, 2.75) is 45.9 Å².